The molecule has 1 N–H and O–H groups in total. The molecular weight excluding hydrogens is 300 g/mol. The molecule has 0 unspecified atom stereocenters. The molecular formula is C16H24N2O3S. The van der Waals surface area contributed by atoms with E-state index in [0.717, 1.165) is 18.4 Å². The number of nitrogens with one attached hydrogen (secondary N) is 1. The van der Waals surface area contributed by atoms with E-state index >= 15 is 0 Å². The number of sulfonamides is 1. The molecule has 1 heterocycles. The van der Waals surface area contributed by atoms with Crippen LogP contribution in [0.5, 0.6) is 0 Å². The molecule has 0 atom stereocenters. The van der Waals surface area contributed by atoms with E-state index in [1.165, 1.54) is 4.31 Å². The largest absolute Gasteiger partial charge is 0.326 e. The van der Waals surface area contributed by atoms with E-state index in [0.29, 0.717) is 24.3 Å². The van der Waals surface area contributed by atoms with Gasteiger partial charge in [-0.25, -0.2) is 8.42 Å². The van der Waals surface area contributed by atoms with Gasteiger partial charge in [0, 0.05) is 18.2 Å². The summed E-state index contributed by atoms with van der Waals surface area (Å²) < 4.78 is 26.4. The highest BCUT2D eigenvalue weighted by atomic mass is 32.2. The standard InChI is InChI=1S/C16H24N2O3S/c1-4-10-22(20,21)18-9-5-6-13-7-8-14(11-15(13)18)17-16(19)12(2)3/h7-8,11-12H,4-6,9-10H2,1-3H3,(H,17,19). The lowest BCUT2D eigenvalue weighted by Crippen LogP contribution is -2.37. The molecule has 0 saturated carbocycles. The SMILES string of the molecule is CCCS(=O)(=O)N1CCCc2ccc(NC(=O)C(C)C)cc21. The Morgan fingerprint density at radius 1 is 1.36 bits per heavy atom. The highest BCUT2D eigenvalue weighted by Crippen LogP contribution is 2.32. The van der Waals surface area contributed by atoms with E-state index in [-0.39, 0.29) is 17.6 Å². The number of carbonyl (C=O) groups excluding carboxylic acids is 1. The summed E-state index contributed by atoms with van der Waals surface area (Å²) in [7, 11) is -3.29. The maximum Gasteiger partial charge on any atom is 0.235 e. The number of hydrogen-bond acceptors (Lipinski definition) is 3. The molecule has 6 heteroatoms. The van der Waals surface area contributed by atoms with Gasteiger partial charge in [-0.05, 0) is 37.0 Å². The van der Waals surface area contributed by atoms with Crippen LogP contribution in [0.2, 0.25) is 0 Å². The number of aryl methyl sites for hydroxylation is 1. The first kappa shape index (κ1) is 16.8. The third kappa shape index (κ3) is 3.61. The van der Waals surface area contributed by atoms with E-state index < -0.39 is 10.0 Å². The lowest BCUT2D eigenvalue weighted by molar-refractivity contribution is -0.118. The highest BCUT2D eigenvalue weighted by Gasteiger charge is 2.27. The molecule has 2 rings (SSSR count). The van der Waals surface area contributed by atoms with Crippen molar-refractivity contribution in [2.24, 2.45) is 5.92 Å². The fourth-order valence-corrected chi connectivity index (χ4v) is 4.18. The van der Waals surface area contributed by atoms with Gasteiger partial charge in [0.1, 0.15) is 0 Å². The summed E-state index contributed by atoms with van der Waals surface area (Å²) in [5.41, 5.74) is 2.38. The number of rotatable bonds is 5. The molecule has 22 heavy (non-hydrogen) atoms. The van der Waals surface area contributed by atoms with Crippen molar-refractivity contribution in [1.29, 1.82) is 0 Å². The van der Waals surface area contributed by atoms with Crippen molar-refractivity contribution in [2.75, 3.05) is 21.9 Å². The molecule has 1 aliphatic rings. The summed E-state index contributed by atoms with van der Waals surface area (Å²) in [5, 5.41) is 2.84. The van der Waals surface area contributed by atoms with Gasteiger partial charge in [-0.15, -0.1) is 0 Å². The minimum Gasteiger partial charge on any atom is -0.326 e. The molecule has 0 bridgehead atoms. The maximum absolute atomic E-state index is 12.4. The van der Waals surface area contributed by atoms with Crippen molar-refractivity contribution in [3.63, 3.8) is 0 Å². The lowest BCUT2D eigenvalue weighted by Gasteiger charge is -2.31. The van der Waals surface area contributed by atoms with E-state index in [1.54, 1.807) is 6.07 Å². The predicted molar refractivity (Wildman–Crippen MR) is 89.7 cm³/mol. The van der Waals surface area contributed by atoms with Crippen LogP contribution in [0.25, 0.3) is 0 Å². The second-order valence-electron chi connectivity index (χ2n) is 5.98. The van der Waals surface area contributed by atoms with Crippen molar-refractivity contribution < 1.29 is 13.2 Å². The maximum atomic E-state index is 12.4. The van der Waals surface area contributed by atoms with E-state index in [2.05, 4.69) is 5.32 Å². The van der Waals surface area contributed by atoms with Gasteiger partial charge < -0.3 is 5.32 Å². The molecule has 5 nitrogen and oxygen atoms in total. The Hall–Kier alpha value is -1.56. The summed E-state index contributed by atoms with van der Waals surface area (Å²) in [4.78, 5) is 11.8. The summed E-state index contributed by atoms with van der Waals surface area (Å²) >= 11 is 0. The van der Waals surface area contributed by atoms with Gasteiger partial charge in [-0.2, -0.15) is 0 Å². The second-order valence-corrected chi connectivity index (χ2v) is 7.99. The van der Waals surface area contributed by atoms with Crippen LogP contribution in [0.3, 0.4) is 0 Å². The van der Waals surface area contributed by atoms with Gasteiger partial charge in [0.05, 0.1) is 11.4 Å². The summed E-state index contributed by atoms with van der Waals surface area (Å²) in [5.74, 6) is -0.0376. The Morgan fingerprint density at radius 2 is 2.09 bits per heavy atom. The van der Waals surface area contributed by atoms with Crippen molar-refractivity contribution in [2.45, 2.75) is 40.0 Å². The fraction of sp³-hybridized carbons (Fsp3) is 0.562. The Morgan fingerprint density at radius 3 is 2.73 bits per heavy atom. The zero-order chi connectivity index (χ0) is 16.3. The molecule has 0 spiro atoms. The second kappa shape index (κ2) is 6.69. The molecule has 1 aromatic rings. The van der Waals surface area contributed by atoms with Gasteiger partial charge in [-0.3, -0.25) is 9.10 Å². The lowest BCUT2D eigenvalue weighted by atomic mass is 10.0. The molecule has 1 aromatic carbocycles. The number of nitrogens with zero attached hydrogens (tertiary/aromatic N) is 1. The molecule has 1 amide bonds. The van der Waals surface area contributed by atoms with Crippen LogP contribution in [0.1, 0.15) is 39.2 Å². The normalized spacial score (nSPS) is 14.8. The molecule has 0 fully saturated rings. The highest BCUT2D eigenvalue weighted by molar-refractivity contribution is 7.92. The van der Waals surface area contributed by atoms with Crippen LogP contribution in [-0.4, -0.2) is 26.6 Å². The molecule has 1 aliphatic heterocycles. The first-order valence-electron chi connectivity index (χ1n) is 7.79. The Labute approximate surface area is 132 Å². The first-order valence-corrected chi connectivity index (χ1v) is 9.40. The summed E-state index contributed by atoms with van der Waals surface area (Å²) in [6, 6.07) is 5.54. The third-order valence-electron chi connectivity index (χ3n) is 3.75. The van der Waals surface area contributed by atoms with Crippen LogP contribution in [0.15, 0.2) is 18.2 Å². The Bertz CT molecular complexity index is 653. The van der Waals surface area contributed by atoms with E-state index in [4.69, 9.17) is 0 Å². The smallest absolute Gasteiger partial charge is 0.235 e. The van der Waals surface area contributed by atoms with Crippen LogP contribution in [0.4, 0.5) is 11.4 Å². The fourth-order valence-electron chi connectivity index (χ4n) is 2.56. The minimum absolute atomic E-state index is 0.0706. The number of anilines is 2. The number of carbonyl (C=O) groups is 1. The van der Waals surface area contributed by atoms with Crippen LogP contribution in [-0.2, 0) is 21.2 Å². The summed E-state index contributed by atoms with van der Waals surface area (Å²) in [6.07, 6.45) is 2.29. The Kier molecular flexibility index (Phi) is 5.11. The zero-order valence-electron chi connectivity index (χ0n) is 13.4. The number of benzene rings is 1. The van der Waals surface area contributed by atoms with Crippen LogP contribution < -0.4 is 9.62 Å². The first-order chi connectivity index (χ1) is 10.3. The predicted octanol–water partition coefficient (Wildman–Crippen LogP) is 2.77. The topological polar surface area (TPSA) is 66.5 Å². The van der Waals surface area contributed by atoms with E-state index in [1.807, 2.05) is 32.9 Å². The van der Waals surface area contributed by atoms with Crippen molar-refractivity contribution in [1.82, 2.24) is 0 Å². The van der Waals surface area contributed by atoms with Gasteiger partial charge in [0.25, 0.3) is 0 Å². The quantitative estimate of drug-likeness (QED) is 0.905. The minimum atomic E-state index is -3.29. The van der Waals surface area contributed by atoms with Crippen LogP contribution >= 0.6 is 0 Å². The van der Waals surface area contributed by atoms with Gasteiger partial charge >= 0.3 is 0 Å². The van der Waals surface area contributed by atoms with Crippen molar-refractivity contribution in [3.8, 4) is 0 Å². The van der Waals surface area contributed by atoms with Gasteiger partial charge in [0.2, 0.25) is 15.9 Å². The van der Waals surface area contributed by atoms with Crippen LogP contribution in [0, 0.1) is 5.92 Å². The average molecular weight is 324 g/mol. The molecule has 0 aromatic heterocycles. The van der Waals surface area contributed by atoms with Gasteiger partial charge in [0.15, 0.2) is 0 Å². The average Bonchev–Trinajstić information content (AvgIpc) is 2.46. The van der Waals surface area contributed by atoms with Crippen molar-refractivity contribution in [3.05, 3.63) is 23.8 Å². The number of hydrogen-bond donors (Lipinski definition) is 1. The molecule has 122 valence electrons. The molecule has 0 radical (unpaired) electrons. The van der Waals surface area contributed by atoms with Gasteiger partial charge in [-0.1, -0.05) is 26.8 Å². The third-order valence-corrected chi connectivity index (χ3v) is 5.73. The monoisotopic (exact) mass is 324 g/mol. The number of amides is 1. The zero-order valence-corrected chi connectivity index (χ0v) is 14.2. The molecule has 0 saturated heterocycles. The number of fused-ring (bicyclic) bond motifs is 1. The Balaban J connectivity index is 2.34. The molecule has 0 aliphatic carbocycles. The van der Waals surface area contributed by atoms with Crippen molar-refractivity contribution >= 4 is 27.3 Å². The van der Waals surface area contributed by atoms with E-state index in [9.17, 15) is 13.2 Å². The summed E-state index contributed by atoms with van der Waals surface area (Å²) in [6.45, 7) is 6.02.